The van der Waals surface area contributed by atoms with Gasteiger partial charge in [0, 0.05) is 32.6 Å². The molecule has 2 aliphatic heterocycles. The van der Waals surface area contributed by atoms with E-state index in [2.05, 4.69) is 15.5 Å². The second-order valence-electron chi connectivity index (χ2n) is 12.2. The molecule has 4 amide bonds. The summed E-state index contributed by atoms with van der Waals surface area (Å²) in [6.45, 7) is 15.0. The predicted molar refractivity (Wildman–Crippen MR) is 152 cm³/mol. The first-order chi connectivity index (χ1) is 19.3. The molecule has 1 spiro atoms. The maximum atomic E-state index is 14.3. The van der Waals surface area contributed by atoms with Gasteiger partial charge in [0.05, 0.1) is 6.42 Å². The molecule has 2 aliphatic rings. The third kappa shape index (κ3) is 6.09. The van der Waals surface area contributed by atoms with Crippen LogP contribution in [0.25, 0.3) is 4.85 Å². The Morgan fingerprint density at radius 2 is 1.85 bits per heavy atom. The lowest BCUT2D eigenvalue weighted by atomic mass is 9.80. The molecule has 9 nitrogen and oxygen atoms in total. The topological polar surface area (TPSA) is 103 Å². The number of likely N-dealkylation sites (N-methyl/N-ethyl adjacent to an activating group) is 1. The van der Waals surface area contributed by atoms with Crippen molar-refractivity contribution in [3.05, 3.63) is 76.9 Å². The van der Waals surface area contributed by atoms with Gasteiger partial charge >= 0.3 is 6.17 Å². The number of amides is 4. The van der Waals surface area contributed by atoms with Gasteiger partial charge in [-0.2, -0.15) is 0 Å². The van der Waals surface area contributed by atoms with Crippen LogP contribution in [0.1, 0.15) is 51.7 Å². The summed E-state index contributed by atoms with van der Waals surface area (Å²) in [4.78, 5) is 59.9. The van der Waals surface area contributed by atoms with Gasteiger partial charge in [-0.05, 0) is 41.2 Å². The zero-order chi connectivity index (χ0) is 30.1. The van der Waals surface area contributed by atoms with E-state index in [4.69, 9.17) is 6.57 Å². The average Bonchev–Trinajstić information content (AvgIpc) is 3.44. The number of rotatable bonds is 7. The zero-order valence-corrected chi connectivity index (χ0v) is 24.0. The van der Waals surface area contributed by atoms with Gasteiger partial charge < -0.3 is 15.5 Å². The molecule has 2 aromatic carbocycles. The fourth-order valence-electron chi connectivity index (χ4n) is 5.82. The number of benzene rings is 2. The Morgan fingerprint density at radius 3 is 2.46 bits per heavy atom. The van der Waals surface area contributed by atoms with Crippen molar-refractivity contribution in [2.24, 2.45) is 5.41 Å². The molecule has 0 aromatic heterocycles. The Morgan fingerprint density at radius 1 is 1.20 bits per heavy atom. The van der Waals surface area contributed by atoms with E-state index < -0.39 is 47.2 Å². The first-order valence-electron chi connectivity index (χ1n) is 13.6. The summed E-state index contributed by atoms with van der Waals surface area (Å²) in [5.74, 6) is -1.98. The third-order valence-corrected chi connectivity index (χ3v) is 7.82. The van der Waals surface area contributed by atoms with E-state index in [0.717, 1.165) is 5.56 Å². The summed E-state index contributed by atoms with van der Waals surface area (Å²) < 4.78 is 13.5. The fourth-order valence-corrected chi connectivity index (χ4v) is 5.82. The van der Waals surface area contributed by atoms with Gasteiger partial charge in [-0.15, -0.1) is 0 Å². The van der Waals surface area contributed by atoms with E-state index in [1.54, 1.807) is 18.2 Å². The molecule has 0 aliphatic carbocycles. The summed E-state index contributed by atoms with van der Waals surface area (Å²) in [6.07, 6.45) is -0.331. The van der Waals surface area contributed by atoms with Gasteiger partial charge in [0.15, 0.2) is 0 Å². The van der Waals surface area contributed by atoms with Crippen LogP contribution in [0.4, 0.5) is 10.1 Å². The van der Waals surface area contributed by atoms with Crippen LogP contribution in [-0.2, 0) is 31.0 Å². The number of hydrogen-bond acceptors (Lipinski definition) is 4. The molecule has 216 valence electrons. The molecule has 2 N–H and O–H groups in total. The largest absolute Gasteiger partial charge is 0.344 e. The Kier molecular flexibility index (Phi) is 8.20. The SMILES string of the molecule is [C-]#[N+][C@@H]1C[C@@]2(CN1C(=O)[C@H](CC(C)(C)C)N(C)C(=O)[C@H](Cc1ccc(F)cc1)NC(C)=O)C(=O)Nc1ccccc12. The highest BCUT2D eigenvalue weighted by Gasteiger charge is 2.59. The molecule has 4 atom stereocenters. The molecular weight excluding hydrogens is 525 g/mol. The van der Waals surface area contributed by atoms with Crippen LogP contribution in [0.3, 0.4) is 0 Å². The lowest BCUT2D eigenvalue weighted by molar-refractivity contribution is -0.147. The Labute approximate surface area is 239 Å². The zero-order valence-electron chi connectivity index (χ0n) is 24.0. The van der Waals surface area contributed by atoms with Crippen molar-refractivity contribution < 1.29 is 23.6 Å². The van der Waals surface area contributed by atoms with Crippen molar-refractivity contribution in [3.8, 4) is 0 Å². The number of halogens is 1. The van der Waals surface area contributed by atoms with Crippen molar-refractivity contribution in [1.82, 2.24) is 15.1 Å². The van der Waals surface area contributed by atoms with E-state index in [0.29, 0.717) is 11.3 Å². The van der Waals surface area contributed by atoms with Crippen molar-refractivity contribution in [1.29, 1.82) is 0 Å². The maximum Gasteiger partial charge on any atom is 0.302 e. The minimum absolute atomic E-state index is 0.0229. The maximum absolute atomic E-state index is 14.3. The highest BCUT2D eigenvalue weighted by atomic mass is 19.1. The molecule has 2 aromatic rings. The van der Waals surface area contributed by atoms with E-state index in [9.17, 15) is 23.6 Å². The summed E-state index contributed by atoms with van der Waals surface area (Å²) in [5, 5.41) is 5.57. The highest BCUT2D eigenvalue weighted by Crippen LogP contribution is 2.47. The average molecular weight is 562 g/mol. The Bertz CT molecular complexity index is 1400. The van der Waals surface area contributed by atoms with Gasteiger partial charge in [-0.3, -0.25) is 28.9 Å². The molecule has 10 heteroatoms. The molecule has 1 fully saturated rings. The predicted octanol–water partition coefficient (Wildman–Crippen LogP) is 3.50. The van der Waals surface area contributed by atoms with E-state index >= 15 is 0 Å². The minimum Gasteiger partial charge on any atom is -0.344 e. The van der Waals surface area contributed by atoms with Gasteiger partial charge in [-0.25, -0.2) is 11.0 Å². The summed E-state index contributed by atoms with van der Waals surface area (Å²) in [7, 11) is 1.52. The van der Waals surface area contributed by atoms with Crippen molar-refractivity contribution in [2.75, 3.05) is 18.9 Å². The van der Waals surface area contributed by atoms with E-state index in [1.807, 2.05) is 39.0 Å². The number of hydrogen-bond donors (Lipinski definition) is 2. The van der Waals surface area contributed by atoms with E-state index in [1.165, 1.54) is 35.9 Å². The molecule has 0 unspecified atom stereocenters. The number of nitrogens with zero attached hydrogens (tertiary/aromatic N) is 3. The molecule has 0 radical (unpaired) electrons. The van der Waals surface area contributed by atoms with Crippen molar-refractivity contribution in [3.63, 3.8) is 0 Å². The monoisotopic (exact) mass is 561 g/mol. The number of fused-ring (bicyclic) bond motifs is 2. The van der Waals surface area contributed by atoms with Crippen LogP contribution in [0, 0.1) is 17.8 Å². The van der Waals surface area contributed by atoms with Crippen molar-refractivity contribution in [2.45, 2.75) is 70.6 Å². The molecule has 0 saturated carbocycles. The van der Waals surface area contributed by atoms with Crippen LogP contribution in [0.15, 0.2) is 48.5 Å². The quantitative estimate of drug-likeness (QED) is 0.505. The Balaban J connectivity index is 1.65. The highest BCUT2D eigenvalue weighted by molar-refractivity contribution is 6.07. The number of anilines is 1. The van der Waals surface area contributed by atoms with E-state index in [-0.39, 0.29) is 37.1 Å². The number of carbonyl (C=O) groups is 4. The molecule has 4 rings (SSSR count). The van der Waals surface area contributed by atoms with Crippen LogP contribution in [0.5, 0.6) is 0 Å². The second-order valence-corrected chi connectivity index (χ2v) is 12.2. The number of carbonyl (C=O) groups excluding carboxylic acids is 4. The first kappa shape index (κ1) is 29.7. The lowest BCUT2D eigenvalue weighted by Crippen LogP contribution is -2.57. The van der Waals surface area contributed by atoms with Crippen LogP contribution >= 0.6 is 0 Å². The summed E-state index contributed by atoms with van der Waals surface area (Å²) in [5.41, 5.74) is 0.657. The normalized spacial score (nSPS) is 21.0. The van der Waals surface area contributed by atoms with Crippen LogP contribution in [0.2, 0.25) is 0 Å². The van der Waals surface area contributed by atoms with Gasteiger partial charge in [-0.1, -0.05) is 51.1 Å². The minimum atomic E-state index is -1.04. The smallest absolute Gasteiger partial charge is 0.302 e. The van der Waals surface area contributed by atoms with Crippen molar-refractivity contribution >= 4 is 29.3 Å². The molecule has 2 heterocycles. The molecule has 0 bridgehead atoms. The number of nitrogens with one attached hydrogen (secondary N) is 2. The number of para-hydroxylation sites is 1. The Hall–Kier alpha value is -4.26. The summed E-state index contributed by atoms with van der Waals surface area (Å²) >= 11 is 0. The lowest BCUT2D eigenvalue weighted by Gasteiger charge is -2.36. The molecule has 41 heavy (non-hydrogen) atoms. The standard InChI is InChI=1S/C31H36FN5O4/c1-19(38)34-24(15-20-11-13-21(32)14-12-20)27(39)36(6)25(16-30(2,3)4)28(40)37-18-31(17-26(37)33-5)22-9-7-8-10-23(22)35-29(31)41/h7-14,24-26H,15-18H2,1-4,6H3,(H,34,38)(H,35,41)/t24-,25-,26-,31-/m0/s1. The summed E-state index contributed by atoms with van der Waals surface area (Å²) in [6, 6.07) is 11.0. The van der Waals surface area contributed by atoms with Gasteiger partial charge in [0.25, 0.3) is 5.91 Å². The molecular formula is C31H36FN5O4. The van der Waals surface area contributed by atoms with Gasteiger partial charge in [0.1, 0.15) is 23.3 Å². The molecule has 1 saturated heterocycles. The second kappa shape index (κ2) is 11.3. The fraction of sp³-hybridized carbons (Fsp3) is 0.452. The first-order valence-corrected chi connectivity index (χ1v) is 13.6. The number of likely N-dealkylation sites (tertiary alicyclic amines) is 1. The van der Waals surface area contributed by atoms with Gasteiger partial charge in [0.2, 0.25) is 17.7 Å². The third-order valence-electron chi connectivity index (χ3n) is 7.82. The van der Waals surface area contributed by atoms with Crippen LogP contribution in [-0.4, -0.2) is 65.3 Å². The van der Waals surface area contributed by atoms with Crippen LogP contribution < -0.4 is 10.6 Å².